The molecule has 0 saturated carbocycles. The molecule has 0 unspecified atom stereocenters. The molecule has 1 rings (SSSR count). The summed E-state index contributed by atoms with van der Waals surface area (Å²) in [6.45, 7) is 4.47. The van der Waals surface area contributed by atoms with Crippen molar-refractivity contribution in [2.45, 2.75) is 32.7 Å². The quantitative estimate of drug-likeness (QED) is 0.753. The molecule has 0 radical (unpaired) electrons. The van der Waals surface area contributed by atoms with Gasteiger partial charge in [0.2, 0.25) is 0 Å². The molecule has 19 heavy (non-hydrogen) atoms. The molecule has 0 aliphatic carbocycles. The van der Waals surface area contributed by atoms with Gasteiger partial charge in [-0.3, -0.25) is 0 Å². The van der Waals surface area contributed by atoms with E-state index in [4.69, 9.17) is 21.8 Å². The molecular formula is C13H19ClN2O3. The number of aliphatic hydroxyl groups is 1. The highest BCUT2D eigenvalue weighted by Gasteiger charge is 2.18. The fourth-order valence-corrected chi connectivity index (χ4v) is 2.28. The predicted molar refractivity (Wildman–Crippen MR) is 75.0 cm³/mol. The lowest BCUT2D eigenvalue weighted by Crippen LogP contribution is -2.37. The Balaban J connectivity index is 3.17. The van der Waals surface area contributed by atoms with Gasteiger partial charge in [0, 0.05) is 12.6 Å². The van der Waals surface area contributed by atoms with Crippen LogP contribution < -0.4 is 4.90 Å². The second-order valence-electron chi connectivity index (χ2n) is 4.23. The van der Waals surface area contributed by atoms with E-state index >= 15 is 0 Å². The molecule has 0 atom stereocenters. The number of pyridine rings is 1. The average molecular weight is 287 g/mol. The number of anilines is 1. The number of aromatic nitrogens is 1. The fraction of sp³-hybridized carbons (Fsp3) is 0.538. The lowest BCUT2D eigenvalue weighted by molar-refractivity contribution is 0.0696. The fourth-order valence-electron chi connectivity index (χ4n) is 2.08. The molecule has 1 aromatic heterocycles. The Hall–Kier alpha value is -1.33. The number of carboxylic acid groups (broad SMARTS) is 1. The van der Waals surface area contributed by atoms with Crippen LogP contribution >= 0.6 is 11.6 Å². The van der Waals surface area contributed by atoms with Gasteiger partial charge in [0.05, 0.1) is 12.2 Å². The summed E-state index contributed by atoms with van der Waals surface area (Å²) in [4.78, 5) is 17.1. The number of carboxylic acids is 1. The molecule has 1 aromatic rings. The van der Waals surface area contributed by atoms with Gasteiger partial charge < -0.3 is 15.1 Å². The van der Waals surface area contributed by atoms with Crippen LogP contribution in [-0.2, 0) is 0 Å². The molecule has 0 amide bonds. The van der Waals surface area contributed by atoms with Crippen LogP contribution in [0.4, 0.5) is 5.82 Å². The van der Waals surface area contributed by atoms with Crippen molar-refractivity contribution in [1.82, 2.24) is 4.98 Å². The maximum atomic E-state index is 11.0. The number of hydrogen-bond acceptors (Lipinski definition) is 4. The van der Waals surface area contributed by atoms with Crippen LogP contribution in [0.5, 0.6) is 0 Å². The number of halogens is 1. The van der Waals surface area contributed by atoms with Gasteiger partial charge >= 0.3 is 5.97 Å². The summed E-state index contributed by atoms with van der Waals surface area (Å²) in [6, 6.07) is 3.00. The third kappa shape index (κ3) is 4.08. The van der Waals surface area contributed by atoms with Crippen LogP contribution in [0.3, 0.4) is 0 Å². The van der Waals surface area contributed by atoms with Crippen LogP contribution in [-0.4, -0.2) is 40.4 Å². The molecule has 0 aliphatic rings. The van der Waals surface area contributed by atoms with E-state index in [-0.39, 0.29) is 23.4 Å². The Morgan fingerprint density at radius 2 is 2.05 bits per heavy atom. The molecule has 0 saturated heterocycles. The standard InChI is InChI=1S/C13H19ClN2O3/c1-3-10(4-2)16(5-6-17)12-8-9(13(18)19)7-11(14)15-12/h7-8,10,17H,3-6H2,1-2H3,(H,18,19). The highest BCUT2D eigenvalue weighted by atomic mass is 35.5. The van der Waals surface area contributed by atoms with Crippen molar-refractivity contribution in [2.24, 2.45) is 0 Å². The molecule has 106 valence electrons. The number of carbonyl (C=O) groups is 1. The van der Waals surface area contributed by atoms with Crippen molar-refractivity contribution in [2.75, 3.05) is 18.1 Å². The monoisotopic (exact) mass is 286 g/mol. The molecule has 1 heterocycles. The van der Waals surface area contributed by atoms with Gasteiger partial charge in [0.25, 0.3) is 0 Å². The summed E-state index contributed by atoms with van der Waals surface area (Å²) >= 11 is 5.87. The summed E-state index contributed by atoms with van der Waals surface area (Å²) in [5.74, 6) is -0.549. The van der Waals surface area contributed by atoms with Crippen LogP contribution in [0.2, 0.25) is 5.15 Å². The first-order valence-corrected chi connectivity index (χ1v) is 6.69. The zero-order valence-corrected chi connectivity index (χ0v) is 11.9. The minimum Gasteiger partial charge on any atom is -0.478 e. The average Bonchev–Trinajstić information content (AvgIpc) is 2.38. The van der Waals surface area contributed by atoms with Crippen molar-refractivity contribution in [1.29, 1.82) is 0 Å². The number of hydrogen-bond donors (Lipinski definition) is 2. The predicted octanol–water partition coefficient (Wildman–Crippen LogP) is 2.42. The van der Waals surface area contributed by atoms with Crippen molar-refractivity contribution < 1.29 is 15.0 Å². The Kier molecular flexibility index (Phi) is 6.05. The van der Waals surface area contributed by atoms with Crippen molar-refractivity contribution >= 4 is 23.4 Å². The highest BCUT2D eigenvalue weighted by molar-refractivity contribution is 6.29. The van der Waals surface area contributed by atoms with Gasteiger partial charge in [-0.1, -0.05) is 25.4 Å². The number of aromatic carboxylic acids is 1. The van der Waals surface area contributed by atoms with Gasteiger partial charge in [0.15, 0.2) is 0 Å². The van der Waals surface area contributed by atoms with E-state index in [0.29, 0.717) is 12.4 Å². The zero-order chi connectivity index (χ0) is 14.4. The second-order valence-corrected chi connectivity index (χ2v) is 4.62. The molecule has 2 N–H and O–H groups in total. The summed E-state index contributed by atoms with van der Waals surface area (Å²) in [6.07, 6.45) is 1.76. The molecule has 6 heteroatoms. The SMILES string of the molecule is CCC(CC)N(CCO)c1cc(C(=O)O)cc(Cl)n1. The Morgan fingerprint density at radius 3 is 2.53 bits per heavy atom. The van der Waals surface area contributed by atoms with Gasteiger partial charge in [-0.25, -0.2) is 9.78 Å². The van der Waals surface area contributed by atoms with Gasteiger partial charge in [-0.15, -0.1) is 0 Å². The third-order valence-electron chi connectivity index (χ3n) is 3.05. The van der Waals surface area contributed by atoms with Crippen LogP contribution in [0.25, 0.3) is 0 Å². The normalized spacial score (nSPS) is 10.8. The number of nitrogens with zero attached hydrogens (tertiary/aromatic N) is 2. The van der Waals surface area contributed by atoms with Crippen molar-refractivity contribution in [3.05, 3.63) is 22.8 Å². The highest BCUT2D eigenvalue weighted by Crippen LogP contribution is 2.22. The minimum atomic E-state index is -1.04. The smallest absolute Gasteiger partial charge is 0.335 e. The molecule has 0 aliphatic heterocycles. The molecule has 0 bridgehead atoms. The molecule has 0 fully saturated rings. The zero-order valence-electron chi connectivity index (χ0n) is 11.1. The first-order chi connectivity index (χ1) is 9.03. The number of rotatable bonds is 7. The first-order valence-electron chi connectivity index (χ1n) is 6.31. The maximum absolute atomic E-state index is 11.0. The van der Waals surface area contributed by atoms with Crippen LogP contribution in [0.1, 0.15) is 37.0 Å². The second kappa shape index (κ2) is 7.31. The third-order valence-corrected chi connectivity index (χ3v) is 3.24. The minimum absolute atomic E-state index is 0.0207. The maximum Gasteiger partial charge on any atom is 0.335 e. The van der Waals surface area contributed by atoms with E-state index in [1.54, 1.807) is 0 Å². The van der Waals surface area contributed by atoms with E-state index in [1.807, 2.05) is 18.7 Å². The topological polar surface area (TPSA) is 73.7 Å². The number of aliphatic hydroxyl groups excluding tert-OH is 1. The summed E-state index contributed by atoms with van der Waals surface area (Å²) in [5, 5.41) is 18.4. The van der Waals surface area contributed by atoms with Gasteiger partial charge in [-0.05, 0) is 25.0 Å². The van der Waals surface area contributed by atoms with Gasteiger partial charge in [-0.2, -0.15) is 0 Å². The lowest BCUT2D eigenvalue weighted by Gasteiger charge is -2.31. The van der Waals surface area contributed by atoms with Gasteiger partial charge in [0.1, 0.15) is 11.0 Å². The summed E-state index contributed by atoms with van der Waals surface area (Å²) in [7, 11) is 0. The molecular weight excluding hydrogens is 268 g/mol. The Morgan fingerprint density at radius 1 is 1.42 bits per heavy atom. The Labute approximate surface area is 117 Å². The molecule has 5 nitrogen and oxygen atoms in total. The van der Waals surface area contributed by atoms with E-state index in [0.717, 1.165) is 12.8 Å². The van der Waals surface area contributed by atoms with E-state index in [1.165, 1.54) is 12.1 Å². The van der Waals surface area contributed by atoms with Crippen molar-refractivity contribution in [3.8, 4) is 0 Å². The first kappa shape index (κ1) is 15.7. The van der Waals surface area contributed by atoms with Crippen LogP contribution in [0, 0.1) is 0 Å². The van der Waals surface area contributed by atoms with E-state index < -0.39 is 5.97 Å². The largest absolute Gasteiger partial charge is 0.478 e. The van der Waals surface area contributed by atoms with E-state index in [2.05, 4.69) is 4.98 Å². The van der Waals surface area contributed by atoms with Crippen molar-refractivity contribution in [3.63, 3.8) is 0 Å². The molecule has 0 spiro atoms. The summed E-state index contributed by atoms with van der Waals surface area (Å²) < 4.78 is 0. The summed E-state index contributed by atoms with van der Waals surface area (Å²) in [5.41, 5.74) is 0.101. The van der Waals surface area contributed by atoms with Crippen LogP contribution in [0.15, 0.2) is 12.1 Å². The lowest BCUT2D eigenvalue weighted by atomic mass is 10.1. The molecule has 0 aromatic carbocycles. The van der Waals surface area contributed by atoms with E-state index in [9.17, 15) is 4.79 Å². The Bertz CT molecular complexity index is 436.